The zero-order valence-electron chi connectivity index (χ0n) is 6.12. The van der Waals surface area contributed by atoms with Crippen LogP contribution in [0.25, 0.3) is 0 Å². The number of amidine groups is 1. The second-order valence-electron chi connectivity index (χ2n) is 1.95. The molecule has 1 aliphatic heterocycles. The lowest BCUT2D eigenvalue weighted by atomic mass is 10.5. The second kappa shape index (κ2) is 3.62. The molecule has 0 aliphatic carbocycles. The van der Waals surface area contributed by atoms with Crippen LogP contribution in [-0.2, 0) is 0 Å². The molecule has 0 aromatic carbocycles. The van der Waals surface area contributed by atoms with Gasteiger partial charge in [-0.2, -0.15) is 5.43 Å². The van der Waals surface area contributed by atoms with Crippen LogP contribution in [0.1, 0.15) is 0 Å². The number of hydrogen-bond acceptors (Lipinski definition) is 5. The predicted octanol–water partition coefficient (Wildman–Crippen LogP) is -0.717. The molecule has 0 unspecified atom stereocenters. The average Bonchev–Trinajstić information content (AvgIpc) is 2.01. The summed E-state index contributed by atoms with van der Waals surface area (Å²) in [5.74, 6) is 0.459. The van der Waals surface area contributed by atoms with Gasteiger partial charge >= 0.3 is 0 Å². The maximum absolute atomic E-state index is 5.41. The predicted molar refractivity (Wildman–Crippen MR) is 43.9 cm³/mol. The van der Waals surface area contributed by atoms with Crippen molar-refractivity contribution >= 4 is 5.84 Å². The monoisotopic (exact) mass is 153 g/mol. The highest BCUT2D eigenvalue weighted by Gasteiger charge is 1.99. The van der Waals surface area contributed by atoms with Gasteiger partial charge in [-0.25, -0.2) is 0 Å². The Balaban J connectivity index is 2.37. The molecule has 60 valence electrons. The Morgan fingerprint density at radius 3 is 3.36 bits per heavy atom. The van der Waals surface area contributed by atoms with Gasteiger partial charge in [0, 0.05) is 12.7 Å². The molecule has 5 nitrogen and oxygen atoms in total. The SMILES string of the molecule is C=CCNN1N=C(N)C=CN1. The van der Waals surface area contributed by atoms with Crippen molar-refractivity contribution < 1.29 is 0 Å². The summed E-state index contributed by atoms with van der Waals surface area (Å²) >= 11 is 0. The summed E-state index contributed by atoms with van der Waals surface area (Å²) in [6.45, 7) is 4.19. The number of hydrogen-bond donors (Lipinski definition) is 3. The third-order valence-corrected chi connectivity index (χ3v) is 1.05. The van der Waals surface area contributed by atoms with Gasteiger partial charge in [0.25, 0.3) is 0 Å². The molecule has 4 N–H and O–H groups in total. The van der Waals surface area contributed by atoms with E-state index in [9.17, 15) is 0 Å². The van der Waals surface area contributed by atoms with Crippen LogP contribution in [0.15, 0.2) is 30.0 Å². The number of nitrogens with one attached hydrogen (secondary N) is 2. The Labute approximate surface area is 65.2 Å². The van der Waals surface area contributed by atoms with E-state index in [0.29, 0.717) is 12.4 Å². The first-order valence-corrected chi connectivity index (χ1v) is 3.24. The fraction of sp³-hybridized carbons (Fsp3) is 0.167. The Bertz CT molecular complexity index is 195. The maximum Gasteiger partial charge on any atom is 0.148 e. The first kappa shape index (κ1) is 7.62. The van der Waals surface area contributed by atoms with Gasteiger partial charge in [-0.05, 0) is 6.08 Å². The van der Waals surface area contributed by atoms with Gasteiger partial charge < -0.3 is 5.73 Å². The molecule has 0 bridgehead atoms. The van der Waals surface area contributed by atoms with Crippen LogP contribution in [0.2, 0.25) is 0 Å². The number of nitrogens with zero attached hydrogens (tertiary/aromatic N) is 2. The van der Waals surface area contributed by atoms with E-state index in [1.807, 2.05) is 0 Å². The molecule has 0 atom stereocenters. The van der Waals surface area contributed by atoms with Crippen LogP contribution in [-0.4, -0.2) is 17.6 Å². The largest absolute Gasteiger partial charge is 0.382 e. The van der Waals surface area contributed by atoms with Crippen LogP contribution < -0.4 is 16.6 Å². The van der Waals surface area contributed by atoms with Gasteiger partial charge in [-0.15, -0.1) is 16.9 Å². The van der Waals surface area contributed by atoms with Crippen molar-refractivity contribution in [2.24, 2.45) is 10.8 Å². The van der Waals surface area contributed by atoms with E-state index in [4.69, 9.17) is 5.73 Å². The van der Waals surface area contributed by atoms with Gasteiger partial charge in [0.15, 0.2) is 0 Å². The van der Waals surface area contributed by atoms with Crippen molar-refractivity contribution in [1.29, 1.82) is 0 Å². The molecule has 11 heavy (non-hydrogen) atoms. The lowest BCUT2D eigenvalue weighted by Crippen LogP contribution is -2.44. The molecule has 5 heteroatoms. The van der Waals surface area contributed by atoms with E-state index < -0.39 is 0 Å². The molecule has 1 heterocycles. The van der Waals surface area contributed by atoms with Crippen LogP contribution in [0, 0.1) is 0 Å². The highest BCUT2D eigenvalue weighted by Crippen LogP contribution is 1.86. The van der Waals surface area contributed by atoms with Crippen LogP contribution >= 0.6 is 0 Å². The minimum atomic E-state index is 0.459. The van der Waals surface area contributed by atoms with Gasteiger partial charge in [0.2, 0.25) is 0 Å². The van der Waals surface area contributed by atoms with E-state index in [-0.39, 0.29) is 0 Å². The Morgan fingerprint density at radius 2 is 2.73 bits per heavy atom. The minimum Gasteiger partial charge on any atom is -0.382 e. The molecule has 0 aromatic heterocycles. The molecule has 0 radical (unpaired) electrons. The standard InChI is InChI=1S/C6H11N5/c1-2-4-8-11-9-5-3-6(7)10-11/h2-3,5,8-9H,1,4H2,(H2,7,10). The zero-order valence-corrected chi connectivity index (χ0v) is 6.12. The van der Waals surface area contributed by atoms with Gasteiger partial charge in [0.05, 0.1) is 0 Å². The average molecular weight is 153 g/mol. The summed E-state index contributed by atoms with van der Waals surface area (Å²) in [5.41, 5.74) is 11.1. The van der Waals surface area contributed by atoms with E-state index in [2.05, 4.69) is 22.5 Å². The second-order valence-corrected chi connectivity index (χ2v) is 1.95. The van der Waals surface area contributed by atoms with E-state index in [1.165, 1.54) is 5.23 Å². The molecule has 0 saturated heterocycles. The molecule has 1 aliphatic rings. The van der Waals surface area contributed by atoms with Crippen molar-refractivity contribution in [3.8, 4) is 0 Å². The van der Waals surface area contributed by atoms with Crippen molar-refractivity contribution in [3.05, 3.63) is 24.9 Å². The van der Waals surface area contributed by atoms with E-state index >= 15 is 0 Å². The summed E-state index contributed by atoms with van der Waals surface area (Å²) in [7, 11) is 0. The van der Waals surface area contributed by atoms with Crippen LogP contribution in [0.4, 0.5) is 0 Å². The summed E-state index contributed by atoms with van der Waals surface area (Å²) in [4.78, 5) is 0. The molecule has 0 fully saturated rings. The van der Waals surface area contributed by atoms with Crippen molar-refractivity contribution in [3.63, 3.8) is 0 Å². The fourth-order valence-corrected chi connectivity index (χ4v) is 0.603. The Hall–Kier alpha value is -1.49. The van der Waals surface area contributed by atoms with Crippen molar-refractivity contribution in [1.82, 2.24) is 16.1 Å². The summed E-state index contributed by atoms with van der Waals surface area (Å²) in [5, 5.41) is 5.32. The highest BCUT2D eigenvalue weighted by molar-refractivity contribution is 5.91. The van der Waals surface area contributed by atoms with Gasteiger partial charge in [-0.3, -0.25) is 5.43 Å². The normalized spacial score (nSPS) is 15.6. The molecule has 0 amide bonds. The molecular formula is C6H11N5. The Morgan fingerprint density at radius 1 is 1.91 bits per heavy atom. The first-order valence-electron chi connectivity index (χ1n) is 3.24. The van der Waals surface area contributed by atoms with Gasteiger partial charge in [-0.1, -0.05) is 6.08 Å². The molecule has 1 rings (SSSR count). The lowest BCUT2D eigenvalue weighted by molar-refractivity contribution is 0.153. The smallest absolute Gasteiger partial charge is 0.148 e. The quantitative estimate of drug-likeness (QED) is 0.468. The molecular weight excluding hydrogens is 142 g/mol. The third kappa shape index (κ3) is 2.30. The summed E-state index contributed by atoms with van der Waals surface area (Å²) in [6, 6.07) is 0. The number of hydrazine groups is 2. The number of nitrogens with two attached hydrogens (primary N) is 1. The fourth-order valence-electron chi connectivity index (χ4n) is 0.603. The topological polar surface area (TPSA) is 65.7 Å². The number of hydrazone groups is 1. The van der Waals surface area contributed by atoms with Gasteiger partial charge in [0.1, 0.15) is 5.84 Å². The van der Waals surface area contributed by atoms with Crippen molar-refractivity contribution in [2.75, 3.05) is 6.54 Å². The zero-order chi connectivity index (χ0) is 8.10. The first-order chi connectivity index (χ1) is 5.33. The van der Waals surface area contributed by atoms with E-state index in [0.717, 1.165) is 0 Å². The maximum atomic E-state index is 5.41. The Kier molecular flexibility index (Phi) is 2.51. The highest BCUT2D eigenvalue weighted by atomic mass is 15.9. The summed E-state index contributed by atoms with van der Waals surface area (Å²) < 4.78 is 0. The molecule has 0 saturated carbocycles. The molecule has 0 spiro atoms. The van der Waals surface area contributed by atoms with Crippen LogP contribution in [0.3, 0.4) is 0 Å². The molecule has 0 aromatic rings. The summed E-state index contributed by atoms with van der Waals surface area (Å²) in [6.07, 6.45) is 5.09. The number of rotatable bonds is 3. The van der Waals surface area contributed by atoms with E-state index in [1.54, 1.807) is 18.4 Å². The minimum absolute atomic E-state index is 0.459. The third-order valence-electron chi connectivity index (χ3n) is 1.05. The van der Waals surface area contributed by atoms with Crippen molar-refractivity contribution in [2.45, 2.75) is 0 Å². The van der Waals surface area contributed by atoms with Crippen LogP contribution in [0.5, 0.6) is 0 Å². The lowest BCUT2D eigenvalue weighted by Gasteiger charge is -2.20.